The summed E-state index contributed by atoms with van der Waals surface area (Å²) in [5.41, 5.74) is -1.08. The molecule has 0 aromatic rings. The van der Waals surface area contributed by atoms with Crippen molar-refractivity contribution in [1.82, 2.24) is 0 Å². The zero-order chi connectivity index (χ0) is 26.8. The molecule has 4 saturated carbocycles. The Kier molecular flexibility index (Phi) is 11.1. The Bertz CT molecular complexity index is 628. The second-order valence-corrected chi connectivity index (χ2v) is 12.8. The van der Waals surface area contributed by atoms with E-state index < -0.39 is 23.5 Å². The molecular formula is C32H54O6. The van der Waals surface area contributed by atoms with E-state index in [9.17, 15) is 9.59 Å². The van der Waals surface area contributed by atoms with Gasteiger partial charge in [-0.25, -0.2) is 0 Å². The Labute approximate surface area is 231 Å². The Morgan fingerprint density at radius 1 is 0.474 bits per heavy atom. The SMILES string of the molecule is CCC(OC(=O)OOC(=O)OC(CC)(C1CCCCC1)C1CCCCC1)(C1CCCCC1)C1CCCCC1. The third kappa shape index (κ3) is 6.81. The van der Waals surface area contributed by atoms with E-state index in [-0.39, 0.29) is 0 Å². The minimum atomic E-state index is -0.891. The van der Waals surface area contributed by atoms with Crippen molar-refractivity contribution in [3.05, 3.63) is 0 Å². The van der Waals surface area contributed by atoms with Gasteiger partial charge >= 0.3 is 12.3 Å². The molecule has 6 nitrogen and oxygen atoms in total. The standard InChI is InChI=1S/C32H54O6/c1-3-31(25-17-9-5-10-18-25,26-19-11-6-12-20-26)35-29(33)37-38-30(34)36-32(4-2,27-21-13-7-14-22-27)28-23-15-8-16-24-28/h25-28H,3-24H2,1-2H3. The van der Waals surface area contributed by atoms with Crippen molar-refractivity contribution >= 4 is 12.3 Å². The van der Waals surface area contributed by atoms with Crippen molar-refractivity contribution < 1.29 is 28.8 Å². The fraction of sp³-hybridized carbons (Fsp3) is 0.938. The van der Waals surface area contributed by atoms with Gasteiger partial charge in [0.1, 0.15) is 11.2 Å². The molecule has 0 atom stereocenters. The molecule has 0 unspecified atom stereocenters. The van der Waals surface area contributed by atoms with Crippen molar-refractivity contribution in [2.45, 2.75) is 166 Å². The average Bonchev–Trinajstić information content (AvgIpc) is 2.99. The van der Waals surface area contributed by atoms with Crippen LogP contribution >= 0.6 is 0 Å². The highest BCUT2D eigenvalue weighted by Gasteiger charge is 2.50. The zero-order valence-electron chi connectivity index (χ0n) is 24.3. The van der Waals surface area contributed by atoms with Gasteiger partial charge in [0, 0.05) is 0 Å². The van der Waals surface area contributed by atoms with Gasteiger partial charge in [-0.2, -0.15) is 19.4 Å². The summed E-state index contributed by atoms with van der Waals surface area (Å²) in [6.07, 6.45) is 22.9. The summed E-state index contributed by atoms with van der Waals surface area (Å²) < 4.78 is 12.4. The van der Waals surface area contributed by atoms with Gasteiger partial charge in [-0.15, -0.1) is 0 Å². The van der Waals surface area contributed by atoms with Crippen LogP contribution in [0.25, 0.3) is 0 Å². The molecule has 218 valence electrons. The molecule has 0 radical (unpaired) electrons. The van der Waals surface area contributed by atoms with Gasteiger partial charge in [0.25, 0.3) is 0 Å². The van der Waals surface area contributed by atoms with Crippen molar-refractivity contribution in [2.75, 3.05) is 0 Å². The van der Waals surface area contributed by atoms with Crippen LogP contribution in [-0.4, -0.2) is 23.5 Å². The summed E-state index contributed by atoms with van der Waals surface area (Å²) in [5.74, 6) is 1.37. The van der Waals surface area contributed by atoms with Crippen LogP contribution < -0.4 is 0 Å². The first kappa shape index (κ1) is 29.5. The molecule has 0 heterocycles. The lowest BCUT2D eigenvalue weighted by molar-refractivity contribution is -0.253. The summed E-state index contributed by atoms with van der Waals surface area (Å²) in [6.45, 7) is 4.27. The number of carbonyl (C=O) groups is 2. The summed E-state index contributed by atoms with van der Waals surface area (Å²) >= 11 is 0. The molecule has 38 heavy (non-hydrogen) atoms. The molecule has 0 aromatic carbocycles. The maximum absolute atomic E-state index is 13.1. The molecule has 4 aliphatic rings. The van der Waals surface area contributed by atoms with Crippen molar-refractivity contribution in [3.63, 3.8) is 0 Å². The van der Waals surface area contributed by atoms with Gasteiger partial charge in [-0.1, -0.05) is 90.9 Å². The van der Waals surface area contributed by atoms with Gasteiger partial charge in [0.15, 0.2) is 0 Å². The number of ether oxygens (including phenoxy) is 2. The van der Waals surface area contributed by atoms with E-state index in [2.05, 4.69) is 13.8 Å². The van der Waals surface area contributed by atoms with Gasteiger partial charge in [0.05, 0.1) is 0 Å². The molecule has 0 saturated heterocycles. The highest BCUT2D eigenvalue weighted by atomic mass is 17.3. The Hall–Kier alpha value is -1.46. The Morgan fingerprint density at radius 2 is 0.711 bits per heavy atom. The Morgan fingerprint density at radius 3 is 0.921 bits per heavy atom. The highest BCUT2D eigenvalue weighted by Crippen LogP contribution is 2.49. The first-order valence-corrected chi connectivity index (χ1v) is 16.3. The van der Waals surface area contributed by atoms with E-state index in [1.54, 1.807) is 0 Å². The van der Waals surface area contributed by atoms with Crippen molar-refractivity contribution in [2.24, 2.45) is 23.7 Å². The average molecular weight is 535 g/mol. The number of rotatable bonds is 8. The van der Waals surface area contributed by atoms with Crippen molar-refractivity contribution in [1.29, 1.82) is 0 Å². The second-order valence-electron chi connectivity index (χ2n) is 12.8. The van der Waals surface area contributed by atoms with Gasteiger partial charge in [0.2, 0.25) is 0 Å². The van der Waals surface area contributed by atoms with Crippen molar-refractivity contribution in [3.8, 4) is 0 Å². The van der Waals surface area contributed by atoms with Crippen LogP contribution in [0.4, 0.5) is 9.59 Å². The normalized spacial score (nSPS) is 23.5. The fourth-order valence-corrected chi connectivity index (χ4v) is 9.08. The summed E-state index contributed by atoms with van der Waals surface area (Å²) in [7, 11) is 0. The topological polar surface area (TPSA) is 71.1 Å². The van der Waals surface area contributed by atoms with Crippen LogP contribution in [0.5, 0.6) is 0 Å². The molecule has 4 fully saturated rings. The molecule has 4 rings (SSSR count). The number of carbonyl (C=O) groups excluding carboxylic acids is 2. The van der Waals surface area contributed by atoms with Crippen LogP contribution in [0.15, 0.2) is 0 Å². The minimum Gasteiger partial charge on any atom is -0.425 e. The van der Waals surface area contributed by atoms with E-state index in [0.29, 0.717) is 23.7 Å². The minimum absolute atomic E-state index is 0.342. The molecule has 6 heteroatoms. The highest BCUT2D eigenvalue weighted by molar-refractivity contribution is 5.64. The summed E-state index contributed by atoms with van der Waals surface area (Å²) in [6, 6.07) is 0. The molecule has 0 amide bonds. The zero-order valence-corrected chi connectivity index (χ0v) is 24.3. The van der Waals surface area contributed by atoms with Crippen LogP contribution in [-0.2, 0) is 19.2 Å². The molecule has 0 aliphatic heterocycles. The predicted molar refractivity (Wildman–Crippen MR) is 147 cm³/mol. The quantitative estimate of drug-likeness (QED) is 0.175. The lowest BCUT2D eigenvalue weighted by Gasteiger charge is -2.47. The lowest BCUT2D eigenvalue weighted by atomic mass is 9.65. The van der Waals surface area contributed by atoms with E-state index in [1.165, 1.54) is 77.0 Å². The third-order valence-electron chi connectivity index (χ3n) is 11.0. The number of hydrogen-bond donors (Lipinski definition) is 0. The van der Waals surface area contributed by atoms with E-state index in [1.807, 2.05) is 0 Å². The van der Waals surface area contributed by atoms with Gasteiger partial charge < -0.3 is 9.47 Å². The fourth-order valence-electron chi connectivity index (χ4n) is 9.08. The molecule has 4 aliphatic carbocycles. The smallest absolute Gasteiger partial charge is 0.425 e. The predicted octanol–water partition coefficient (Wildman–Crippen LogP) is 9.83. The van der Waals surface area contributed by atoms with Crippen LogP contribution in [0.3, 0.4) is 0 Å². The molecule has 0 N–H and O–H groups in total. The first-order chi connectivity index (χ1) is 18.5. The first-order valence-electron chi connectivity index (χ1n) is 16.3. The largest absolute Gasteiger partial charge is 0.550 e. The molecular weight excluding hydrogens is 480 g/mol. The van der Waals surface area contributed by atoms with Crippen LogP contribution in [0, 0.1) is 23.7 Å². The molecule has 0 aromatic heterocycles. The number of hydrogen-bond acceptors (Lipinski definition) is 6. The Balaban J connectivity index is 1.41. The maximum Gasteiger partial charge on any atom is 0.550 e. The van der Waals surface area contributed by atoms with Gasteiger partial charge in [-0.05, 0) is 87.9 Å². The second kappa shape index (κ2) is 14.3. The third-order valence-corrected chi connectivity index (χ3v) is 11.0. The van der Waals surface area contributed by atoms with E-state index in [4.69, 9.17) is 19.2 Å². The molecule has 0 spiro atoms. The lowest BCUT2D eigenvalue weighted by Crippen LogP contribution is -2.51. The van der Waals surface area contributed by atoms with Crippen LogP contribution in [0.1, 0.15) is 155 Å². The van der Waals surface area contributed by atoms with Crippen LogP contribution in [0.2, 0.25) is 0 Å². The summed E-state index contributed by atoms with van der Waals surface area (Å²) in [4.78, 5) is 36.3. The van der Waals surface area contributed by atoms with E-state index in [0.717, 1.165) is 64.2 Å². The maximum atomic E-state index is 13.1. The molecule has 0 bridgehead atoms. The summed E-state index contributed by atoms with van der Waals surface area (Å²) in [5, 5.41) is 0. The monoisotopic (exact) mass is 534 g/mol. The van der Waals surface area contributed by atoms with E-state index >= 15 is 0 Å². The van der Waals surface area contributed by atoms with Gasteiger partial charge in [-0.3, -0.25) is 0 Å².